The van der Waals surface area contributed by atoms with E-state index < -0.39 is 0 Å². The zero-order valence-electron chi connectivity index (χ0n) is 9.26. The number of benzene rings is 1. The molecule has 1 aromatic carbocycles. The fraction of sp³-hybridized carbons (Fsp3) is 0.250. The number of hydrogen-bond donors (Lipinski definition) is 1. The largest absolute Gasteiger partial charge is 0.336 e. The van der Waals surface area contributed by atoms with Gasteiger partial charge in [0.15, 0.2) is 0 Å². The van der Waals surface area contributed by atoms with Crippen LogP contribution in [-0.4, -0.2) is 21.7 Å². The maximum absolute atomic E-state index is 11.2. The average Bonchev–Trinajstić information content (AvgIpc) is 2.38. The molecule has 0 unspecified atom stereocenters. The molecule has 1 aromatic heterocycles. The Labute approximate surface area is 98.1 Å². The number of aromatic amines is 1. The van der Waals surface area contributed by atoms with Gasteiger partial charge in [-0.1, -0.05) is 24.3 Å². The van der Waals surface area contributed by atoms with Gasteiger partial charge in [0, 0.05) is 13.1 Å². The molecule has 0 saturated carbocycles. The second kappa shape index (κ2) is 4.01. The normalized spacial score (nSPS) is 14.5. The van der Waals surface area contributed by atoms with Crippen molar-refractivity contribution in [2.75, 3.05) is 11.4 Å². The van der Waals surface area contributed by atoms with Crippen molar-refractivity contribution in [3.05, 3.63) is 51.9 Å². The molecule has 0 amide bonds. The predicted octanol–water partition coefficient (Wildman–Crippen LogP) is 0.728. The van der Waals surface area contributed by atoms with E-state index in [1.54, 1.807) is 0 Å². The van der Waals surface area contributed by atoms with Crippen molar-refractivity contribution in [3.8, 4) is 0 Å². The van der Waals surface area contributed by atoms with Gasteiger partial charge in [-0.2, -0.15) is 0 Å². The Balaban J connectivity index is 1.92. The Morgan fingerprint density at radius 1 is 1.24 bits per heavy atom. The maximum Gasteiger partial charge on any atom is 0.271 e. The highest BCUT2D eigenvalue weighted by atomic mass is 16.1. The number of nitrogens with zero attached hydrogens (tertiary/aromatic N) is 3. The Kier molecular flexibility index (Phi) is 2.36. The summed E-state index contributed by atoms with van der Waals surface area (Å²) in [4.78, 5) is 15.9. The lowest BCUT2D eigenvalue weighted by Crippen LogP contribution is -2.33. The Morgan fingerprint density at radius 2 is 2.06 bits per heavy atom. The Morgan fingerprint density at radius 3 is 2.88 bits per heavy atom. The van der Waals surface area contributed by atoms with E-state index >= 15 is 0 Å². The van der Waals surface area contributed by atoms with Crippen LogP contribution < -0.4 is 10.5 Å². The monoisotopic (exact) mass is 228 g/mol. The molecule has 3 rings (SSSR count). The Hall–Kier alpha value is -2.17. The SMILES string of the molecule is O=c1cnnc(N2CCc3ccccc3C2)[nH]1. The first-order valence-electron chi connectivity index (χ1n) is 5.57. The van der Waals surface area contributed by atoms with E-state index in [2.05, 4.69) is 33.4 Å². The lowest BCUT2D eigenvalue weighted by Gasteiger charge is -2.28. The van der Waals surface area contributed by atoms with Gasteiger partial charge in [0.25, 0.3) is 5.56 Å². The number of fused-ring (bicyclic) bond motifs is 1. The van der Waals surface area contributed by atoms with E-state index in [4.69, 9.17) is 0 Å². The second-order valence-electron chi connectivity index (χ2n) is 4.10. The average molecular weight is 228 g/mol. The third-order valence-corrected chi connectivity index (χ3v) is 2.99. The van der Waals surface area contributed by atoms with Crippen molar-refractivity contribution in [2.45, 2.75) is 13.0 Å². The van der Waals surface area contributed by atoms with Crippen LogP contribution in [0.3, 0.4) is 0 Å². The minimum Gasteiger partial charge on any atom is -0.336 e. The summed E-state index contributed by atoms with van der Waals surface area (Å²) in [6.45, 7) is 1.62. The van der Waals surface area contributed by atoms with Crippen LogP contribution in [0.15, 0.2) is 35.3 Å². The highest BCUT2D eigenvalue weighted by molar-refractivity contribution is 5.38. The zero-order valence-corrected chi connectivity index (χ0v) is 9.26. The molecular weight excluding hydrogens is 216 g/mol. The van der Waals surface area contributed by atoms with E-state index in [1.165, 1.54) is 17.3 Å². The van der Waals surface area contributed by atoms with Crippen LogP contribution in [0.4, 0.5) is 5.95 Å². The summed E-state index contributed by atoms with van der Waals surface area (Å²) in [7, 11) is 0. The van der Waals surface area contributed by atoms with Gasteiger partial charge in [0.1, 0.15) is 6.20 Å². The fourth-order valence-electron chi connectivity index (χ4n) is 2.12. The van der Waals surface area contributed by atoms with E-state index in [9.17, 15) is 4.79 Å². The van der Waals surface area contributed by atoms with Crippen molar-refractivity contribution in [2.24, 2.45) is 0 Å². The molecule has 0 fully saturated rings. The highest BCUT2D eigenvalue weighted by Gasteiger charge is 2.17. The number of H-pyrrole nitrogens is 1. The molecule has 0 atom stereocenters. The lowest BCUT2D eigenvalue weighted by atomic mass is 10.0. The smallest absolute Gasteiger partial charge is 0.271 e. The van der Waals surface area contributed by atoms with Gasteiger partial charge < -0.3 is 4.90 Å². The quantitative estimate of drug-likeness (QED) is 0.781. The van der Waals surface area contributed by atoms with Crippen LogP contribution >= 0.6 is 0 Å². The summed E-state index contributed by atoms with van der Waals surface area (Å²) in [5.41, 5.74) is 2.44. The molecule has 1 aliphatic heterocycles. The summed E-state index contributed by atoms with van der Waals surface area (Å²) in [6.07, 6.45) is 2.15. The lowest BCUT2D eigenvalue weighted by molar-refractivity contribution is 0.694. The summed E-state index contributed by atoms with van der Waals surface area (Å²) in [5.74, 6) is 0.548. The first kappa shape index (κ1) is 10.0. The van der Waals surface area contributed by atoms with Gasteiger partial charge in [-0.3, -0.25) is 9.78 Å². The number of anilines is 1. The molecule has 5 nitrogen and oxygen atoms in total. The molecule has 86 valence electrons. The van der Waals surface area contributed by atoms with Crippen molar-refractivity contribution in [3.63, 3.8) is 0 Å². The van der Waals surface area contributed by atoms with Gasteiger partial charge in [-0.25, -0.2) is 0 Å². The molecule has 0 saturated heterocycles. The zero-order chi connectivity index (χ0) is 11.7. The minimum absolute atomic E-state index is 0.214. The number of rotatable bonds is 1. The van der Waals surface area contributed by atoms with Gasteiger partial charge in [0.2, 0.25) is 5.95 Å². The summed E-state index contributed by atoms with van der Waals surface area (Å²) in [5, 5.41) is 7.64. The van der Waals surface area contributed by atoms with Crippen LogP contribution in [0, 0.1) is 0 Å². The molecule has 2 heterocycles. The molecule has 0 aliphatic carbocycles. The van der Waals surface area contributed by atoms with Crippen molar-refractivity contribution in [1.82, 2.24) is 15.2 Å². The molecule has 0 bridgehead atoms. The topological polar surface area (TPSA) is 61.9 Å². The third-order valence-electron chi connectivity index (χ3n) is 2.99. The Bertz CT molecular complexity index is 593. The van der Waals surface area contributed by atoms with Gasteiger partial charge in [-0.05, 0) is 17.5 Å². The molecular formula is C12H12N4O. The maximum atomic E-state index is 11.2. The first-order chi connectivity index (χ1) is 8.33. The summed E-state index contributed by atoms with van der Waals surface area (Å²) < 4.78 is 0. The van der Waals surface area contributed by atoms with Crippen LogP contribution in [0.2, 0.25) is 0 Å². The number of hydrogen-bond acceptors (Lipinski definition) is 4. The molecule has 0 radical (unpaired) electrons. The molecule has 1 aliphatic rings. The first-order valence-corrected chi connectivity index (χ1v) is 5.57. The predicted molar refractivity (Wildman–Crippen MR) is 63.8 cm³/mol. The third kappa shape index (κ3) is 1.91. The van der Waals surface area contributed by atoms with Gasteiger partial charge in [-0.15, -0.1) is 10.2 Å². The molecule has 5 heteroatoms. The fourth-order valence-corrected chi connectivity index (χ4v) is 2.12. The number of aromatic nitrogens is 3. The second-order valence-corrected chi connectivity index (χ2v) is 4.10. The van der Waals surface area contributed by atoms with Gasteiger partial charge in [0.05, 0.1) is 0 Å². The molecule has 0 spiro atoms. The van der Waals surface area contributed by atoms with Crippen LogP contribution in [0.25, 0.3) is 0 Å². The molecule has 2 aromatic rings. The van der Waals surface area contributed by atoms with E-state index in [-0.39, 0.29) is 5.56 Å². The van der Waals surface area contributed by atoms with E-state index in [1.807, 2.05) is 11.0 Å². The van der Waals surface area contributed by atoms with Crippen molar-refractivity contribution >= 4 is 5.95 Å². The minimum atomic E-state index is -0.214. The van der Waals surface area contributed by atoms with Gasteiger partial charge >= 0.3 is 0 Å². The molecule has 1 N–H and O–H groups in total. The van der Waals surface area contributed by atoms with E-state index in [0.29, 0.717) is 5.95 Å². The van der Waals surface area contributed by atoms with Crippen LogP contribution in [0.5, 0.6) is 0 Å². The van der Waals surface area contributed by atoms with Crippen LogP contribution in [0.1, 0.15) is 11.1 Å². The van der Waals surface area contributed by atoms with Crippen molar-refractivity contribution in [1.29, 1.82) is 0 Å². The summed E-state index contributed by atoms with van der Waals surface area (Å²) >= 11 is 0. The number of nitrogens with one attached hydrogen (secondary N) is 1. The van der Waals surface area contributed by atoms with Crippen LogP contribution in [-0.2, 0) is 13.0 Å². The highest BCUT2D eigenvalue weighted by Crippen LogP contribution is 2.20. The molecule has 17 heavy (non-hydrogen) atoms. The van der Waals surface area contributed by atoms with Crippen molar-refractivity contribution < 1.29 is 0 Å². The standard InChI is InChI=1S/C12H12N4O/c17-11-7-13-15-12(14-11)16-6-5-9-3-1-2-4-10(9)8-16/h1-4,7H,5-6,8H2,(H,14,15,17). The summed E-state index contributed by atoms with van der Waals surface area (Å²) in [6, 6.07) is 8.34. The van der Waals surface area contributed by atoms with E-state index in [0.717, 1.165) is 19.5 Å².